The van der Waals surface area contributed by atoms with Crippen LogP contribution < -0.4 is 10.6 Å². The molecular weight excluding hydrogens is 240 g/mol. The highest BCUT2D eigenvalue weighted by Gasteiger charge is 2.16. The van der Waals surface area contributed by atoms with Gasteiger partial charge in [0.1, 0.15) is 5.75 Å². The van der Waals surface area contributed by atoms with Crippen molar-refractivity contribution in [3.8, 4) is 5.75 Å². The lowest BCUT2D eigenvalue weighted by Crippen LogP contribution is -2.26. The third-order valence-corrected chi connectivity index (χ3v) is 2.99. The quantitative estimate of drug-likeness (QED) is 0.641. The average molecular weight is 256 g/mol. The van der Waals surface area contributed by atoms with E-state index in [9.17, 15) is 9.90 Å². The van der Waals surface area contributed by atoms with E-state index in [1.165, 1.54) is 23.1 Å². The van der Waals surface area contributed by atoms with Crippen molar-refractivity contribution in [2.75, 3.05) is 17.7 Å². The molecule has 0 saturated heterocycles. The van der Waals surface area contributed by atoms with Gasteiger partial charge in [-0.15, -0.1) is 0 Å². The Morgan fingerprint density at radius 2 is 1.79 bits per heavy atom. The lowest BCUT2D eigenvalue weighted by atomic mass is 10.1. The van der Waals surface area contributed by atoms with E-state index in [0.29, 0.717) is 11.3 Å². The summed E-state index contributed by atoms with van der Waals surface area (Å²) in [5.74, 6) is -0.230. The fraction of sp³-hybridized carbons (Fsp3) is 0.133. The summed E-state index contributed by atoms with van der Waals surface area (Å²) in [4.78, 5) is 13.8. The van der Waals surface area contributed by atoms with Gasteiger partial charge in [0.25, 0.3) is 5.91 Å². The number of phenolic OH excluding ortho intramolecular Hbond substituents is 1. The maximum absolute atomic E-state index is 12.3. The highest BCUT2D eigenvalue weighted by Crippen LogP contribution is 2.22. The van der Waals surface area contributed by atoms with Crippen molar-refractivity contribution < 1.29 is 9.90 Å². The highest BCUT2D eigenvalue weighted by atomic mass is 16.3. The number of amides is 1. The predicted octanol–water partition coefficient (Wildman–Crippen LogP) is 2.56. The molecular formula is C15H16N2O2. The molecule has 2 rings (SSSR count). The summed E-state index contributed by atoms with van der Waals surface area (Å²) in [6.45, 7) is 1.98. The molecule has 2 aromatic rings. The van der Waals surface area contributed by atoms with Gasteiger partial charge in [0.2, 0.25) is 0 Å². The van der Waals surface area contributed by atoms with Crippen molar-refractivity contribution in [3.63, 3.8) is 0 Å². The van der Waals surface area contributed by atoms with Gasteiger partial charge in [-0.2, -0.15) is 0 Å². The van der Waals surface area contributed by atoms with E-state index in [-0.39, 0.29) is 11.7 Å². The number of aryl methyl sites for hydroxylation is 1. The zero-order valence-corrected chi connectivity index (χ0v) is 10.9. The number of carbonyl (C=O) groups is 1. The molecule has 1 amide bonds. The van der Waals surface area contributed by atoms with Crippen molar-refractivity contribution in [1.82, 2.24) is 0 Å². The van der Waals surface area contributed by atoms with Crippen LogP contribution in [0.15, 0.2) is 42.5 Å². The lowest BCUT2D eigenvalue weighted by molar-refractivity contribution is 0.0993. The van der Waals surface area contributed by atoms with Gasteiger partial charge < -0.3 is 15.7 Å². The number of rotatable bonds is 2. The van der Waals surface area contributed by atoms with Crippen LogP contribution >= 0.6 is 0 Å². The molecule has 0 radical (unpaired) electrons. The van der Waals surface area contributed by atoms with Gasteiger partial charge in [-0.3, -0.25) is 4.79 Å². The smallest absolute Gasteiger partial charge is 0.260 e. The van der Waals surface area contributed by atoms with E-state index in [1.807, 2.05) is 31.2 Å². The van der Waals surface area contributed by atoms with E-state index in [2.05, 4.69) is 0 Å². The number of benzene rings is 2. The first-order chi connectivity index (χ1) is 8.99. The van der Waals surface area contributed by atoms with E-state index in [4.69, 9.17) is 5.73 Å². The number of nitrogens with zero attached hydrogens (tertiary/aromatic N) is 1. The van der Waals surface area contributed by atoms with Gasteiger partial charge in [0.05, 0.1) is 5.56 Å². The van der Waals surface area contributed by atoms with Crippen LogP contribution in [0.1, 0.15) is 15.9 Å². The first-order valence-corrected chi connectivity index (χ1v) is 5.92. The topological polar surface area (TPSA) is 66.6 Å². The first-order valence-electron chi connectivity index (χ1n) is 5.92. The molecule has 2 aromatic carbocycles. The Kier molecular flexibility index (Phi) is 3.42. The zero-order valence-electron chi connectivity index (χ0n) is 10.9. The summed E-state index contributed by atoms with van der Waals surface area (Å²) < 4.78 is 0. The molecule has 0 aliphatic rings. The van der Waals surface area contributed by atoms with Gasteiger partial charge in [-0.05, 0) is 37.3 Å². The van der Waals surface area contributed by atoms with Crippen LogP contribution in [-0.2, 0) is 0 Å². The minimum Gasteiger partial charge on any atom is -0.508 e. The molecule has 3 N–H and O–H groups in total. The van der Waals surface area contributed by atoms with Gasteiger partial charge in [0, 0.05) is 18.4 Å². The Hall–Kier alpha value is -2.49. The third-order valence-electron chi connectivity index (χ3n) is 2.99. The summed E-state index contributed by atoms with van der Waals surface area (Å²) in [5, 5.41) is 9.45. The van der Waals surface area contributed by atoms with Crippen molar-refractivity contribution in [2.24, 2.45) is 0 Å². The molecule has 0 aliphatic heterocycles. The van der Waals surface area contributed by atoms with Gasteiger partial charge in [0.15, 0.2) is 0 Å². The van der Waals surface area contributed by atoms with Crippen LogP contribution in [0.2, 0.25) is 0 Å². The van der Waals surface area contributed by atoms with E-state index in [1.54, 1.807) is 7.05 Å². The molecule has 19 heavy (non-hydrogen) atoms. The zero-order chi connectivity index (χ0) is 14.0. The monoisotopic (exact) mass is 256 g/mol. The second-order valence-corrected chi connectivity index (χ2v) is 4.47. The molecule has 0 saturated carbocycles. The summed E-state index contributed by atoms with van der Waals surface area (Å²) in [7, 11) is 1.68. The van der Waals surface area contributed by atoms with Gasteiger partial charge in [-0.25, -0.2) is 0 Å². The number of aromatic hydroxyl groups is 1. The van der Waals surface area contributed by atoms with Crippen molar-refractivity contribution in [1.29, 1.82) is 0 Å². The molecule has 0 bridgehead atoms. The maximum atomic E-state index is 12.3. The number of nitrogens with two attached hydrogens (primary N) is 1. The highest BCUT2D eigenvalue weighted by molar-refractivity contribution is 6.09. The Morgan fingerprint density at radius 3 is 2.42 bits per heavy atom. The van der Waals surface area contributed by atoms with Gasteiger partial charge in [-0.1, -0.05) is 17.7 Å². The van der Waals surface area contributed by atoms with Crippen LogP contribution in [0.25, 0.3) is 0 Å². The van der Waals surface area contributed by atoms with E-state index in [0.717, 1.165) is 11.3 Å². The van der Waals surface area contributed by atoms with Crippen molar-refractivity contribution >= 4 is 17.3 Å². The second-order valence-electron chi connectivity index (χ2n) is 4.47. The van der Waals surface area contributed by atoms with Crippen LogP contribution in [0.5, 0.6) is 5.75 Å². The fourth-order valence-corrected chi connectivity index (χ4v) is 1.80. The predicted molar refractivity (Wildman–Crippen MR) is 76.4 cm³/mol. The number of nitrogen functional groups attached to an aromatic ring is 1. The largest absolute Gasteiger partial charge is 0.508 e. The lowest BCUT2D eigenvalue weighted by Gasteiger charge is -2.18. The molecule has 98 valence electrons. The van der Waals surface area contributed by atoms with E-state index < -0.39 is 0 Å². The number of phenols is 1. The van der Waals surface area contributed by atoms with E-state index >= 15 is 0 Å². The second kappa shape index (κ2) is 5.02. The average Bonchev–Trinajstić information content (AvgIpc) is 2.41. The molecule has 0 unspecified atom stereocenters. The fourth-order valence-electron chi connectivity index (χ4n) is 1.80. The van der Waals surface area contributed by atoms with Crippen LogP contribution in [0.3, 0.4) is 0 Å². The molecule has 0 heterocycles. The number of hydrogen-bond acceptors (Lipinski definition) is 3. The molecule has 4 nitrogen and oxygen atoms in total. The third kappa shape index (κ3) is 2.68. The van der Waals surface area contributed by atoms with Crippen molar-refractivity contribution in [3.05, 3.63) is 53.6 Å². The standard InChI is InChI=1S/C15H16N2O2/c1-10-3-5-11(6-4-10)17(2)15(19)13-9-12(18)7-8-14(13)16/h3-9,18H,16H2,1-2H3. The number of carbonyl (C=O) groups excluding carboxylic acids is 1. The number of anilines is 2. The Balaban J connectivity index is 2.33. The van der Waals surface area contributed by atoms with Crippen LogP contribution in [0, 0.1) is 6.92 Å². The first kappa shape index (κ1) is 13.0. The summed E-state index contributed by atoms with van der Waals surface area (Å²) in [6, 6.07) is 12.0. The SMILES string of the molecule is Cc1ccc(N(C)C(=O)c2cc(O)ccc2N)cc1. The Labute approximate surface area is 112 Å². The molecule has 0 fully saturated rings. The number of hydrogen-bond donors (Lipinski definition) is 2. The van der Waals surface area contributed by atoms with Crippen molar-refractivity contribution in [2.45, 2.75) is 6.92 Å². The summed E-state index contributed by atoms with van der Waals surface area (Å²) in [5.41, 5.74) is 8.32. The molecule has 4 heteroatoms. The molecule has 0 aromatic heterocycles. The van der Waals surface area contributed by atoms with Gasteiger partial charge >= 0.3 is 0 Å². The molecule has 0 atom stereocenters. The van der Waals surface area contributed by atoms with Crippen LogP contribution in [-0.4, -0.2) is 18.1 Å². The molecule has 0 aliphatic carbocycles. The normalized spacial score (nSPS) is 10.2. The Bertz CT molecular complexity index is 606. The minimum atomic E-state index is -0.253. The summed E-state index contributed by atoms with van der Waals surface area (Å²) in [6.07, 6.45) is 0. The summed E-state index contributed by atoms with van der Waals surface area (Å²) >= 11 is 0. The molecule has 0 spiro atoms. The maximum Gasteiger partial charge on any atom is 0.260 e. The van der Waals surface area contributed by atoms with Crippen LogP contribution in [0.4, 0.5) is 11.4 Å². The minimum absolute atomic E-state index is 0.0230. The Morgan fingerprint density at radius 1 is 1.16 bits per heavy atom.